The van der Waals surface area contributed by atoms with Crippen molar-refractivity contribution in [2.45, 2.75) is 32.1 Å². The molecule has 0 radical (unpaired) electrons. The number of alkyl halides is 3. The van der Waals surface area contributed by atoms with Gasteiger partial charge >= 0.3 is 18.1 Å². The number of carboxylic acids is 1. The number of halogens is 4. The number of carbonyl (C=O) groups is 2. The minimum atomic E-state index is -5.14. The van der Waals surface area contributed by atoms with Crippen molar-refractivity contribution >= 4 is 27.8 Å². The summed E-state index contributed by atoms with van der Waals surface area (Å²) < 4.78 is 38.6. The SMILES string of the molecule is CC(C)(C(=O)O)N(Cc1ccccc1Br)C(=O)C(F)(F)F. The van der Waals surface area contributed by atoms with E-state index < -0.39 is 30.1 Å². The summed E-state index contributed by atoms with van der Waals surface area (Å²) in [6.45, 7) is 1.63. The molecule has 0 saturated heterocycles. The molecule has 1 rings (SSSR count). The van der Waals surface area contributed by atoms with Crippen molar-refractivity contribution in [3.05, 3.63) is 34.3 Å². The predicted molar refractivity (Wildman–Crippen MR) is 72.5 cm³/mol. The van der Waals surface area contributed by atoms with E-state index in [1.807, 2.05) is 0 Å². The molecule has 1 amide bonds. The van der Waals surface area contributed by atoms with Gasteiger partial charge < -0.3 is 10.0 Å². The molecule has 1 aromatic carbocycles. The standard InChI is InChI=1S/C13H13BrF3NO3/c1-12(2,11(20)21)18(10(19)13(15,16)17)7-8-5-3-4-6-9(8)14/h3-6H,7H2,1-2H3,(H,20,21). The molecule has 0 aliphatic heterocycles. The van der Waals surface area contributed by atoms with Crippen LogP contribution in [0.4, 0.5) is 13.2 Å². The van der Waals surface area contributed by atoms with Gasteiger partial charge in [0.2, 0.25) is 0 Å². The lowest BCUT2D eigenvalue weighted by Gasteiger charge is -2.35. The summed E-state index contributed by atoms with van der Waals surface area (Å²) in [5.74, 6) is -3.71. The van der Waals surface area contributed by atoms with E-state index in [-0.39, 0.29) is 0 Å². The zero-order valence-electron chi connectivity index (χ0n) is 11.2. The van der Waals surface area contributed by atoms with Crippen molar-refractivity contribution in [2.24, 2.45) is 0 Å². The molecule has 116 valence electrons. The average Bonchev–Trinajstić information content (AvgIpc) is 2.35. The molecule has 21 heavy (non-hydrogen) atoms. The Bertz CT molecular complexity index is 558. The summed E-state index contributed by atoms with van der Waals surface area (Å²) in [7, 11) is 0. The Kier molecular flexibility index (Phi) is 5.03. The third-order valence-corrected chi connectivity index (χ3v) is 3.75. The van der Waals surface area contributed by atoms with E-state index in [2.05, 4.69) is 15.9 Å². The van der Waals surface area contributed by atoms with Crippen LogP contribution in [0.5, 0.6) is 0 Å². The molecule has 0 atom stereocenters. The average molecular weight is 368 g/mol. The number of carbonyl (C=O) groups excluding carboxylic acids is 1. The van der Waals surface area contributed by atoms with E-state index in [1.165, 1.54) is 6.07 Å². The molecule has 0 fully saturated rings. The predicted octanol–water partition coefficient (Wildman–Crippen LogP) is 3.20. The van der Waals surface area contributed by atoms with Crippen molar-refractivity contribution in [2.75, 3.05) is 0 Å². The fourth-order valence-electron chi connectivity index (χ4n) is 1.59. The van der Waals surface area contributed by atoms with Gasteiger partial charge in [-0.1, -0.05) is 34.1 Å². The number of nitrogens with zero attached hydrogens (tertiary/aromatic N) is 1. The van der Waals surface area contributed by atoms with Crippen molar-refractivity contribution in [1.29, 1.82) is 0 Å². The summed E-state index contributed by atoms with van der Waals surface area (Å²) in [6.07, 6.45) is -5.14. The first-order valence-corrected chi connectivity index (χ1v) is 6.63. The maximum absolute atomic E-state index is 12.7. The van der Waals surface area contributed by atoms with Crippen LogP contribution in [0.2, 0.25) is 0 Å². The summed E-state index contributed by atoms with van der Waals surface area (Å²) in [5.41, 5.74) is -1.62. The van der Waals surface area contributed by atoms with Crippen molar-refractivity contribution in [1.82, 2.24) is 4.90 Å². The first-order chi connectivity index (χ1) is 9.48. The Hall–Kier alpha value is -1.57. The summed E-state index contributed by atoms with van der Waals surface area (Å²) in [5, 5.41) is 9.10. The molecule has 0 saturated carbocycles. The van der Waals surface area contributed by atoms with Crippen LogP contribution in [-0.2, 0) is 16.1 Å². The van der Waals surface area contributed by atoms with Crippen LogP contribution >= 0.6 is 15.9 Å². The van der Waals surface area contributed by atoms with E-state index in [0.717, 1.165) is 13.8 Å². The van der Waals surface area contributed by atoms with E-state index in [9.17, 15) is 22.8 Å². The molecule has 4 nitrogen and oxygen atoms in total. The normalized spacial score (nSPS) is 12.1. The summed E-state index contributed by atoms with van der Waals surface area (Å²) in [6, 6.07) is 6.36. The molecule has 0 heterocycles. The van der Waals surface area contributed by atoms with Crippen LogP contribution in [-0.4, -0.2) is 33.6 Å². The number of amides is 1. The molecule has 0 spiro atoms. The largest absolute Gasteiger partial charge is 0.480 e. The number of hydrogen-bond donors (Lipinski definition) is 1. The first kappa shape index (κ1) is 17.5. The van der Waals surface area contributed by atoms with Gasteiger partial charge in [0.25, 0.3) is 0 Å². The zero-order valence-corrected chi connectivity index (χ0v) is 12.8. The Balaban J connectivity index is 3.24. The molecule has 0 aliphatic carbocycles. The smallest absolute Gasteiger partial charge is 0.471 e. The van der Waals surface area contributed by atoms with Gasteiger partial charge in [0.15, 0.2) is 0 Å². The van der Waals surface area contributed by atoms with Crippen LogP contribution in [0.1, 0.15) is 19.4 Å². The quantitative estimate of drug-likeness (QED) is 0.888. The molecule has 0 aromatic heterocycles. The lowest BCUT2D eigenvalue weighted by molar-refractivity contribution is -0.194. The van der Waals surface area contributed by atoms with Gasteiger partial charge in [-0.05, 0) is 25.5 Å². The van der Waals surface area contributed by atoms with Gasteiger partial charge in [-0.3, -0.25) is 4.79 Å². The fraction of sp³-hybridized carbons (Fsp3) is 0.385. The van der Waals surface area contributed by atoms with E-state index in [0.29, 0.717) is 14.9 Å². The minimum absolute atomic E-state index is 0.301. The summed E-state index contributed by atoms with van der Waals surface area (Å²) in [4.78, 5) is 23.1. The van der Waals surface area contributed by atoms with E-state index >= 15 is 0 Å². The molecule has 0 aliphatic rings. The number of aliphatic carboxylic acids is 1. The highest BCUT2D eigenvalue weighted by atomic mass is 79.9. The zero-order chi connectivity index (χ0) is 16.4. The van der Waals surface area contributed by atoms with Crippen molar-refractivity contribution in [3.8, 4) is 0 Å². The Morgan fingerprint density at radius 2 is 1.76 bits per heavy atom. The van der Waals surface area contributed by atoms with E-state index in [4.69, 9.17) is 5.11 Å². The monoisotopic (exact) mass is 367 g/mol. The highest BCUT2D eigenvalue weighted by molar-refractivity contribution is 9.10. The Morgan fingerprint density at radius 3 is 2.19 bits per heavy atom. The molecule has 0 bridgehead atoms. The minimum Gasteiger partial charge on any atom is -0.480 e. The van der Waals surface area contributed by atoms with Crippen LogP contribution in [0.15, 0.2) is 28.7 Å². The molecule has 8 heteroatoms. The molecule has 1 N–H and O–H groups in total. The molecule has 0 unspecified atom stereocenters. The number of rotatable bonds is 4. The Labute approximate surface area is 127 Å². The molecule has 1 aromatic rings. The highest BCUT2D eigenvalue weighted by Crippen LogP contribution is 2.28. The van der Waals surface area contributed by atoms with Crippen molar-refractivity contribution < 1.29 is 27.9 Å². The second kappa shape index (κ2) is 6.05. The summed E-state index contributed by atoms with van der Waals surface area (Å²) >= 11 is 3.16. The second-order valence-electron chi connectivity index (χ2n) is 4.84. The number of hydrogen-bond acceptors (Lipinski definition) is 2. The third kappa shape index (κ3) is 3.96. The van der Waals surface area contributed by atoms with Crippen molar-refractivity contribution in [3.63, 3.8) is 0 Å². The van der Waals surface area contributed by atoms with Gasteiger partial charge in [0.1, 0.15) is 5.54 Å². The highest BCUT2D eigenvalue weighted by Gasteiger charge is 2.49. The molecular formula is C13H13BrF3NO3. The topological polar surface area (TPSA) is 57.6 Å². The number of benzene rings is 1. The van der Waals surface area contributed by atoms with Crippen LogP contribution in [0.25, 0.3) is 0 Å². The third-order valence-electron chi connectivity index (χ3n) is 2.97. The van der Waals surface area contributed by atoms with Gasteiger partial charge in [0, 0.05) is 11.0 Å². The van der Waals surface area contributed by atoms with Gasteiger partial charge in [-0.2, -0.15) is 13.2 Å². The van der Waals surface area contributed by atoms with Gasteiger partial charge in [-0.15, -0.1) is 0 Å². The fourth-order valence-corrected chi connectivity index (χ4v) is 2.00. The van der Waals surface area contributed by atoms with Gasteiger partial charge in [0.05, 0.1) is 0 Å². The first-order valence-electron chi connectivity index (χ1n) is 5.83. The van der Waals surface area contributed by atoms with Crippen LogP contribution in [0.3, 0.4) is 0 Å². The second-order valence-corrected chi connectivity index (χ2v) is 5.70. The van der Waals surface area contributed by atoms with E-state index in [1.54, 1.807) is 18.2 Å². The number of carboxylic acid groups (broad SMARTS) is 1. The lowest BCUT2D eigenvalue weighted by Crippen LogP contribution is -2.56. The maximum atomic E-state index is 12.7. The Morgan fingerprint density at radius 1 is 1.24 bits per heavy atom. The lowest BCUT2D eigenvalue weighted by atomic mass is 10.0. The molecular weight excluding hydrogens is 355 g/mol. The maximum Gasteiger partial charge on any atom is 0.471 e. The van der Waals surface area contributed by atoms with Crippen LogP contribution < -0.4 is 0 Å². The van der Waals surface area contributed by atoms with Gasteiger partial charge in [-0.25, -0.2) is 4.79 Å². The van der Waals surface area contributed by atoms with Crippen LogP contribution in [0, 0.1) is 0 Å².